The third-order valence-electron chi connectivity index (χ3n) is 0.893. The lowest BCUT2D eigenvalue weighted by Crippen LogP contribution is -2.21. The fraction of sp³-hybridized carbons (Fsp3) is 0.429. The number of imidazole rings is 1. The number of H-pyrrole nitrogens is 1. The number of aromatic nitrogens is 2. The van der Waals surface area contributed by atoms with Crippen molar-refractivity contribution in [3.8, 4) is 0 Å². The van der Waals surface area contributed by atoms with E-state index < -0.39 is 0 Å². The van der Waals surface area contributed by atoms with E-state index in [1.807, 2.05) is 6.92 Å². The zero-order chi connectivity index (χ0) is 8.69. The van der Waals surface area contributed by atoms with Crippen LogP contribution in [0, 0.1) is 6.92 Å². The van der Waals surface area contributed by atoms with E-state index >= 15 is 0 Å². The van der Waals surface area contributed by atoms with Crippen LogP contribution in [-0.4, -0.2) is 23.0 Å². The first-order valence-electron chi connectivity index (χ1n) is 3.09. The Bertz CT molecular complexity index is 198. The van der Waals surface area contributed by atoms with Gasteiger partial charge in [-0.3, -0.25) is 4.99 Å². The first-order valence-corrected chi connectivity index (χ1v) is 3.09. The Hall–Kier alpha value is -1.52. The van der Waals surface area contributed by atoms with Crippen LogP contribution in [0.1, 0.15) is 13.1 Å². The van der Waals surface area contributed by atoms with Crippen molar-refractivity contribution in [1.29, 1.82) is 0 Å². The van der Waals surface area contributed by atoms with Crippen LogP contribution < -0.4 is 11.5 Å². The molecule has 0 atom stereocenters. The van der Waals surface area contributed by atoms with Crippen molar-refractivity contribution in [3.05, 3.63) is 18.2 Å². The lowest BCUT2D eigenvalue weighted by molar-refractivity contribution is 1.25. The number of rotatable bonds is 0. The van der Waals surface area contributed by atoms with Crippen molar-refractivity contribution >= 4 is 5.96 Å². The highest BCUT2D eigenvalue weighted by Gasteiger charge is 1.73. The van der Waals surface area contributed by atoms with Crippen LogP contribution in [-0.2, 0) is 0 Å². The molecule has 0 aromatic carbocycles. The van der Waals surface area contributed by atoms with Gasteiger partial charge in [0.2, 0.25) is 0 Å². The quantitative estimate of drug-likeness (QED) is 0.385. The normalized spacial score (nSPS) is 7.17. The molecule has 1 rings (SSSR count). The second kappa shape index (κ2) is 7.59. The Morgan fingerprint density at radius 2 is 2.08 bits per heavy atom. The summed E-state index contributed by atoms with van der Waals surface area (Å²) in [7, 11) is 1.54. The van der Waals surface area contributed by atoms with Crippen molar-refractivity contribution in [2.24, 2.45) is 16.5 Å². The number of aryl methyl sites for hydroxylation is 1. The number of hydrogen-bond donors (Lipinski definition) is 3. The van der Waals surface area contributed by atoms with Gasteiger partial charge in [-0.25, -0.2) is 4.98 Å². The van der Waals surface area contributed by atoms with Crippen molar-refractivity contribution in [3.63, 3.8) is 0 Å². The van der Waals surface area contributed by atoms with Crippen LogP contribution in [0.25, 0.3) is 0 Å². The van der Waals surface area contributed by atoms with Gasteiger partial charge < -0.3 is 16.5 Å². The third kappa shape index (κ3) is 8.48. The molecule has 0 radical (unpaired) electrons. The number of hydrogen-bond acceptors (Lipinski definition) is 2. The van der Waals surface area contributed by atoms with E-state index in [-0.39, 0.29) is 13.4 Å². The first-order chi connectivity index (χ1) is 5.16. The molecule has 0 saturated heterocycles. The average Bonchev–Trinajstić information content (AvgIpc) is 2.41. The molecule has 1 aromatic rings. The summed E-state index contributed by atoms with van der Waals surface area (Å²) < 4.78 is 0. The highest BCUT2D eigenvalue weighted by Crippen LogP contribution is 1.81. The number of nitrogens with one attached hydrogen (secondary N) is 1. The van der Waals surface area contributed by atoms with Crippen molar-refractivity contribution in [2.45, 2.75) is 14.4 Å². The van der Waals surface area contributed by atoms with E-state index in [2.05, 4.69) is 15.0 Å². The molecule has 0 amide bonds. The molecule has 0 aliphatic heterocycles. The van der Waals surface area contributed by atoms with Gasteiger partial charge in [0.05, 0.1) is 6.33 Å². The lowest BCUT2D eigenvalue weighted by atomic mass is 10.6. The summed E-state index contributed by atoms with van der Waals surface area (Å²) in [6.07, 6.45) is 3.44. The van der Waals surface area contributed by atoms with Crippen molar-refractivity contribution in [2.75, 3.05) is 7.05 Å². The first kappa shape index (κ1) is 13.1. The van der Waals surface area contributed by atoms with Gasteiger partial charge in [0, 0.05) is 18.9 Å². The summed E-state index contributed by atoms with van der Waals surface area (Å²) in [4.78, 5) is 10.0. The Balaban J connectivity index is 0. The maximum absolute atomic E-state index is 4.82. The minimum atomic E-state index is 0. The molecule has 12 heavy (non-hydrogen) atoms. The molecule has 70 valence electrons. The fourth-order valence-electron chi connectivity index (χ4n) is 0.325. The van der Waals surface area contributed by atoms with Crippen LogP contribution in [0.4, 0.5) is 0 Å². The van der Waals surface area contributed by atoms with E-state index in [1.54, 1.807) is 12.5 Å². The number of nitrogens with two attached hydrogens (primary N) is 2. The van der Waals surface area contributed by atoms with E-state index in [4.69, 9.17) is 11.5 Å². The summed E-state index contributed by atoms with van der Waals surface area (Å²) in [5, 5.41) is 0. The summed E-state index contributed by atoms with van der Waals surface area (Å²) in [5.41, 5.74) is 10.7. The number of aromatic amines is 1. The van der Waals surface area contributed by atoms with Gasteiger partial charge in [-0.15, -0.1) is 0 Å². The van der Waals surface area contributed by atoms with Crippen molar-refractivity contribution in [1.82, 2.24) is 9.97 Å². The second-order valence-electron chi connectivity index (χ2n) is 1.88. The van der Waals surface area contributed by atoms with Crippen LogP contribution in [0.15, 0.2) is 17.5 Å². The van der Waals surface area contributed by atoms with Crippen LogP contribution in [0.3, 0.4) is 0 Å². The summed E-state index contributed by atoms with van der Waals surface area (Å²) >= 11 is 0. The summed E-state index contributed by atoms with van der Waals surface area (Å²) in [6.45, 7) is 1.97. The molecule has 0 spiro atoms. The Morgan fingerprint density at radius 3 is 2.17 bits per heavy atom. The molecule has 0 unspecified atom stereocenters. The van der Waals surface area contributed by atoms with Gasteiger partial charge in [0.15, 0.2) is 5.96 Å². The molecule has 5 N–H and O–H groups in total. The van der Waals surface area contributed by atoms with Gasteiger partial charge in [0.1, 0.15) is 0 Å². The minimum Gasteiger partial charge on any atom is -0.370 e. The number of aliphatic imine (C=N–C) groups is 1. The van der Waals surface area contributed by atoms with Gasteiger partial charge in [-0.1, -0.05) is 7.43 Å². The second-order valence-corrected chi connectivity index (χ2v) is 1.88. The van der Waals surface area contributed by atoms with E-state index in [1.165, 1.54) is 7.05 Å². The zero-order valence-corrected chi connectivity index (χ0v) is 6.70. The van der Waals surface area contributed by atoms with Gasteiger partial charge in [-0.05, 0) is 6.92 Å². The van der Waals surface area contributed by atoms with E-state index in [0.717, 1.165) is 5.69 Å². The Morgan fingerprint density at radius 1 is 1.58 bits per heavy atom. The smallest absolute Gasteiger partial charge is 0.185 e. The van der Waals surface area contributed by atoms with Crippen molar-refractivity contribution < 1.29 is 0 Å². The SMILES string of the molecule is C.CN=C(N)N.Cc1cnc[nH]1. The third-order valence-corrected chi connectivity index (χ3v) is 0.893. The molecule has 5 nitrogen and oxygen atoms in total. The van der Waals surface area contributed by atoms with E-state index in [9.17, 15) is 0 Å². The predicted octanol–water partition coefficient (Wildman–Crippen LogP) is 0.244. The summed E-state index contributed by atoms with van der Waals surface area (Å²) in [5.74, 6) is 0.130. The highest BCUT2D eigenvalue weighted by molar-refractivity contribution is 5.75. The molecule has 1 heterocycles. The number of guanidine groups is 1. The van der Waals surface area contributed by atoms with Crippen LogP contribution >= 0.6 is 0 Å². The standard InChI is InChI=1S/C4H6N2.C2H7N3.CH4/c1-4-2-5-3-6-4;1-5-2(3)4;/h2-3H,1H3,(H,5,6);1H3,(H4,3,4,5);1H4. The van der Waals surface area contributed by atoms with Crippen LogP contribution in [0.5, 0.6) is 0 Å². The van der Waals surface area contributed by atoms with Gasteiger partial charge in [0.25, 0.3) is 0 Å². The molecular formula is C7H17N5. The largest absolute Gasteiger partial charge is 0.370 e. The maximum atomic E-state index is 4.82. The maximum Gasteiger partial charge on any atom is 0.185 e. The van der Waals surface area contributed by atoms with Gasteiger partial charge in [-0.2, -0.15) is 0 Å². The van der Waals surface area contributed by atoms with E-state index in [0.29, 0.717) is 0 Å². The topological polar surface area (TPSA) is 93.1 Å². The molecule has 0 saturated carbocycles. The van der Waals surface area contributed by atoms with Crippen LogP contribution in [0.2, 0.25) is 0 Å². The minimum absolute atomic E-state index is 0. The Kier molecular flexibility index (Phi) is 8.28. The molecule has 0 aliphatic carbocycles. The number of nitrogens with zero attached hydrogens (tertiary/aromatic N) is 2. The lowest BCUT2D eigenvalue weighted by Gasteiger charge is -1.77. The highest BCUT2D eigenvalue weighted by atomic mass is 15.0. The zero-order valence-electron chi connectivity index (χ0n) is 6.70. The fourth-order valence-corrected chi connectivity index (χ4v) is 0.325. The predicted molar refractivity (Wildman–Crippen MR) is 51.8 cm³/mol. The molecule has 1 aromatic heterocycles. The molecule has 0 aliphatic rings. The van der Waals surface area contributed by atoms with Gasteiger partial charge >= 0.3 is 0 Å². The Labute approximate surface area is 72.9 Å². The average molecular weight is 171 g/mol. The monoisotopic (exact) mass is 171 g/mol. The summed E-state index contributed by atoms with van der Waals surface area (Å²) in [6, 6.07) is 0. The molecular weight excluding hydrogens is 154 g/mol. The molecule has 5 heteroatoms. The molecule has 0 fully saturated rings. The molecule has 0 bridgehead atoms.